The molecule has 0 bridgehead atoms. The number of carbonyl (C=O) groups is 1. The maximum Gasteiger partial charge on any atom is 0.369 e. The summed E-state index contributed by atoms with van der Waals surface area (Å²) in [6, 6.07) is 7.99. The van der Waals surface area contributed by atoms with Crippen LogP contribution in [-0.4, -0.2) is 73.7 Å². The number of benzene rings is 1. The van der Waals surface area contributed by atoms with E-state index in [9.17, 15) is 4.79 Å². The number of carbonyl (C=O) groups excluding carboxylic acids is 1. The van der Waals surface area contributed by atoms with E-state index in [4.69, 9.17) is 21.0 Å². The Balaban J connectivity index is 1.27. The quantitative estimate of drug-likeness (QED) is 0.284. The Hall–Kier alpha value is -4.12. The van der Waals surface area contributed by atoms with Gasteiger partial charge in [0.15, 0.2) is 0 Å². The highest BCUT2D eigenvalue weighted by Gasteiger charge is 2.43. The monoisotopic (exact) mass is 503 g/mol. The number of rotatable bonds is 7. The van der Waals surface area contributed by atoms with Crippen molar-refractivity contribution in [2.75, 3.05) is 25.9 Å². The van der Waals surface area contributed by atoms with Crippen LogP contribution in [0.4, 0.5) is 5.95 Å². The summed E-state index contributed by atoms with van der Waals surface area (Å²) in [5.41, 5.74) is 8.37. The van der Waals surface area contributed by atoms with Crippen LogP contribution < -0.4 is 5.73 Å². The average Bonchev–Trinajstić information content (AvgIpc) is 3.54. The molecule has 2 fully saturated rings. The first-order chi connectivity index (χ1) is 17.9. The zero-order valence-corrected chi connectivity index (χ0v) is 20.7. The molecule has 3 heterocycles. The van der Waals surface area contributed by atoms with Crippen LogP contribution in [-0.2, 0) is 21.5 Å². The van der Waals surface area contributed by atoms with Gasteiger partial charge in [0, 0.05) is 44.4 Å². The summed E-state index contributed by atoms with van der Waals surface area (Å²) in [6.45, 7) is 1.35. The number of nitrogen functional groups attached to an aromatic ring is 1. The third-order valence-electron chi connectivity index (χ3n) is 7.36. The Kier molecular flexibility index (Phi) is 6.70. The van der Waals surface area contributed by atoms with Gasteiger partial charge in [-0.2, -0.15) is 5.10 Å². The Labute approximate surface area is 214 Å². The Morgan fingerprint density at radius 3 is 2.57 bits per heavy atom. The molecule has 1 saturated carbocycles. The van der Waals surface area contributed by atoms with Crippen LogP contribution in [0.1, 0.15) is 36.8 Å². The van der Waals surface area contributed by atoms with E-state index in [0.29, 0.717) is 18.7 Å². The molecular weight excluding hydrogens is 472 g/mol. The number of ether oxygens (including phenoxy) is 1. The number of anilines is 1. The molecule has 0 radical (unpaired) electrons. The minimum absolute atomic E-state index is 0.0344. The number of hydrogen-bond donors (Lipinski definition) is 2. The van der Waals surface area contributed by atoms with Crippen molar-refractivity contribution in [3.05, 3.63) is 60.2 Å². The number of likely N-dealkylation sites (tertiary alicyclic amines) is 1. The summed E-state index contributed by atoms with van der Waals surface area (Å²) < 4.78 is 6.85. The molecule has 5 N–H and O–H groups in total. The van der Waals surface area contributed by atoms with Gasteiger partial charge < -0.3 is 20.5 Å². The molecule has 2 aliphatic rings. The van der Waals surface area contributed by atoms with Crippen molar-refractivity contribution in [1.82, 2.24) is 24.6 Å². The maximum absolute atomic E-state index is 12.6. The molecule has 37 heavy (non-hydrogen) atoms. The highest BCUT2D eigenvalue weighted by atomic mass is 16.5. The molecule has 11 nitrogen and oxygen atoms in total. The smallest absolute Gasteiger partial charge is 0.369 e. The first-order valence-electron chi connectivity index (χ1n) is 12.3. The van der Waals surface area contributed by atoms with Crippen LogP contribution in [0.3, 0.4) is 0 Å². The van der Waals surface area contributed by atoms with Crippen molar-refractivity contribution in [2.45, 2.75) is 43.7 Å². The molecule has 1 amide bonds. The lowest BCUT2D eigenvalue weighted by Crippen LogP contribution is -2.41. The second-order valence-corrected chi connectivity index (χ2v) is 9.56. The van der Waals surface area contributed by atoms with Gasteiger partial charge in [-0.3, -0.25) is 14.9 Å². The lowest BCUT2D eigenvalue weighted by molar-refractivity contribution is -0.131. The first-order valence-corrected chi connectivity index (χ1v) is 12.3. The van der Waals surface area contributed by atoms with Gasteiger partial charge in [0.1, 0.15) is 17.9 Å². The number of nitrogens with two attached hydrogens (primary N) is 1. The number of amidine groups is 1. The molecule has 1 atom stereocenters. The van der Waals surface area contributed by atoms with Gasteiger partial charge in [-0.1, -0.05) is 30.7 Å². The zero-order valence-electron chi connectivity index (χ0n) is 20.7. The predicted molar refractivity (Wildman–Crippen MR) is 140 cm³/mol. The number of nitrogens with zero attached hydrogens (tertiary/aromatic N) is 6. The number of nitrogens with one attached hydrogen (secondary N) is 1. The third-order valence-corrected chi connectivity index (χ3v) is 7.36. The fourth-order valence-electron chi connectivity index (χ4n) is 4.90. The average molecular weight is 504 g/mol. The van der Waals surface area contributed by atoms with Crippen molar-refractivity contribution < 1.29 is 14.6 Å². The molecule has 0 spiro atoms. The van der Waals surface area contributed by atoms with Crippen LogP contribution in [0.5, 0.6) is 0 Å². The molecule has 1 aliphatic heterocycles. The van der Waals surface area contributed by atoms with E-state index < -0.39 is 5.41 Å². The second-order valence-electron chi connectivity index (χ2n) is 9.56. The normalized spacial score (nSPS) is 19.0. The van der Waals surface area contributed by atoms with Crippen molar-refractivity contribution in [3.63, 3.8) is 0 Å². The van der Waals surface area contributed by atoms with Gasteiger partial charge in [0.05, 0.1) is 17.7 Å². The largest absolute Gasteiger partial charge is 0.578 e. The van der Waals surface area contributed by atoms with E-state index >= 15 is 0 Å². The molecular formula is C26H31N8O3+. The van der Waals surface area contributed by atoms with Crippen LogP contribution >= 0.6 is 0 Å². The number of amides is 1. The van der Waals surface area contributed by atoms with Crippen molar-refractivity contribution in [2.24, 2.45) is 4.99 Å². The van der Waals surface area contributed by atoms with E-state index in [1.165, 1.54) is 10.9 Å². The molecule has 192 valence electrons. The molecule has 1 saturated heterocycles. The number of aliphatic imine (C=N–C) groups is 1. The second kappa shape index (κ2) is 10.1. The Bertz CT molecular complexity index is 1310. The molecule has 1 aliphatic carbocycles. The van der Waals surface area contributed by atoms with Crippen molar-refractivity contribution >= 4 is 23.6 Å². The summed E-state index contributed by atoms with van der Waals surface area (Å²) in [6.07, 6.45) is 10.0. The molecule has 5 rings (SSSR count). The molecule has 11 heteroatoms. The fourth-order valence-corrected chi connectivity index (χ4v) is 4.90. The SMILES string of the molecule is CO[C@H]1CCN(C(=O)Cn2cc(C([OH2+])=NC(=N)C3(c4ccc(-c5cnc(N)nc5)cc4)CCC3)cn2)C1. The lowest BCUT2D eigenvalue weighted by atomic mass is 9.63. The Morgan fingerprint density at radius 1 is 1.22 bits per heavy atom. The van der Waals surface area contributed by atoms with Gasteiger partial charge in [0.25, 0.3) is 0 Å². The molecule has 1 aromatic carbocycles. The molecule has 3 aromatic rings. The van der Waals surface area contributed by atoms with Gasteiger partial charge in [-0.05, 0) is 30.4 Å². The van der Waals surface area contributed by atoms with Crippen molar-refractivity contribution in [3.8, 4) is 11.1 Å². The van der Waals surface area contributed by atoms with Gasteiger partial charge in [0.2, 0.25) is 11.9 Å². The van der Waals surface area contributed by atoms with E-state index in [-0.39, 0.29) is 36.2 Å². The lowest BCUT2D eigenvalue weighted by Gasteiger charge is -2.41. The topological polar surface area (TPSA) is 158 Å². The van der Waals surface area contributed by atoms with Gasteiger partial charge in [-0.25, -0.2) is 9.97 Å². The first kappa shape index (κ1) is 24.6. The number of hydrogen-bond acceptors (Lipinski definition) is 7. The molecule has 0 unspecified atom stereocenters. The molecule has 2 aromatic heterocycles. The summed E-state index contributed by atoms with van der Waals surface area (Å²) in [5, 5.41) is 21.5. The van der Waals surface area contributed by atoms with Crippen LogP contribution in [0.15, 0.2) is 54.0 Å². The summed E-state index contributed by atoms with van der Waals surface area (Å²) in [4.78, 5) is 26.8. The standard InChI is InChI=1S/C26H30N8O3/c1-37-21-7-10-33(15-21)22(35)16-34-14-19(13-31-34)23(36)32-24(27)26(8-2-9-26)20-5-3-17(4-6-20)18-11-29-25(28)30-12-18/h3-6,11-14,21H,2,7-10,15-16H2,1H3,(H2,27,32,36)(H2,28,29,30)/p+1/t21-/m0/s1. The van der Waals surface area contributed by atoms with Gasteiger partial charge in [-0.15, -0.1) is 4.99 Å². The van der Waals surface area contributed by atoms with Crippen LogP contribution in [0.25, 0.3) is 11.1 Å². The fraction of sp³-hybridized carbons (Fsp3) is 0.385. The minimum Gasteiger partial charge on any atom is -0.578 e. The summed E-state index contributed by atoms with van der Waals surface area (Å²) in [7, 11) is 1.66. The number of aromatic nitrogens is 4. The minimum atomic E-state index is -0.512. The maximum atomic E-state index is 12.6. The third kappa shape index (κ3) is 4.94. The van der Waals surface area contributed by atoms with E-state index in [1.807, 2.05) is 24.3 Å². The summed E-state index contributed by atoms with van der Waals surface area (Å²) >= 11 is 0. The van der Waals surface area contributed by atoms with Crippen molar-refractivity contribution in [1.29, 1.82) is 5.41 Å². The highest BCUT2D eigenvalue weighted by molar-refractivity contribution is 6.04. The van der Waals surface area contributed by atoms with E-state index in [0.717, 1.165) is 42.4 Å². The van der Waals surface area contributed by atoms with Gasteiger partial charge >= 0.3 is 5.90 Å². The van der Waals surface area contributed by atoms with Crippen LogP contribution in [0, 0.1) is 5.41 Å². The Morgan fingerprint density at radius 2 is 1.95 bits per heavy atom. The predicted octanol–water partition coefficient (Wildman–Crippen LogP) is 1.74. The van der Waals surface area contributed by atoms with Crippen LogP contribution in [0.2, 0.25) is 0 Å². The summed E-state index contributed by atoms with van der Waals surface area (Å²) in [5.74, 6) is 0.327. The zero-order chi connectivity index (χ0) is 26.0. The number of methoxy groups -OCH3 is 1. The van der Waals surface area contributed by atoms with E-state index in [1.54, 1.807) is 30.6 Å². The van der Waals surface area contributed by atoms with E-state index in [2.05, 4.69) is 20.1 Å². The highest BCUT2D eigenvalue weighted by Crippen LogP contribution is 2.45.